The normalized spacial score (nSPS) is 13.3. The monoisotopic (exact) mass is 425 g/mol. The predicted molar refractivity (Wildman–Crippen MR) is 115 cm³/mol. The molecule has 2 atom stereocenters. The maximum atomic E-state index is 12.8. The van der Waals surface area contributed by atoms with Crippen LogP contribution in [-0.2, 0) is 9.59 Å². The number of carbonyl (C=O) groups is 3. The minimum absolute atomic E-state index is 0.356. The highest BCUT2D eigenvalue weighted by atomic mass is 35.5. The van der Waals surface area contributed by atoms with E-state index in [-0.39, 0.29) is 0 Å². The van der Waals surface area contributed by atoms with E-state index in [1.807, 2.05) is 0 Å². The van der Waals surface area contributed by atoms with E-state index in [1.54, 1.807) is 45.0 Å². The van der Waals surface area contributed by atoms with Crippen molar-refractivity contribution in [1.29, 1.82) is 0 Å². The molecule has 162 valence electrons. The second kappa shape index (κ2) is 11.7. The lowest BCUT2D eigenvalue weighted by atomic mass is 9.86. The fraction of sp³-hybridized carbons (Fsp3) is 0.571. The van der Waals surface area contributed by atoms with Gasteiger partial charge in [-0.15, -0.1) is 0 Å². The van der Waals surface area contributed by atoms with Crippen LogP contribution in [0, 0.1) is 5.41 Å². The van der Waals surface area contributed by atoms with Gasteiger partial charge in [-0.05, 0) is 36.1 Å². The molecule has 0 aliphatic carbocycles. The molecule has 0 radical (unpaired) electrons. The zero-order valence-corrected chi connectivity index (χ0v) is 18.3. The van der Waals surface area contributed by atoms with E-state index in [4.69, 9.17) is 11.6 Å². The summed E-state index contributed by atoms with van der Waals surface area (Å²) in [5.74, 6) is -1.60. The largest absolute Gasteiger partial charge is 0.480 e. The number of carboxylic acids is 1. The van der Waals surface area contributed by atoms with Crippen LogP contribution in [0.5, 0.6) is 0 Å². The Hall–Kier alpha value is -2.28. The van der Waals surface area contributed by atoms with Gasteiger partial charge in [0.05, 0.1) is 0 Å². The number of halogens is 1. The first kappa shape index (κ1) is 24.8. The minimum atomic E-state index is -1.08. The molecule has 0 aromatic heterocycles. The van der Waals surface area contributed by atoms with Gasteiger partial charge in [0, 0.05) is 10.7 Å². The molecule has 8 heteroatoms. The summed E-state index contributed by atoms with van der Waals surface area (Å²) >= 11 is 5.83. The van der Waals surface area contributed by atoms with Gasteiger partial charge in [0.25, 0.3) is 0 Å². The van der Waals surface area contributed by atoms with Crippen LogP contribution in [0.25, 0.3) is 0 Å². The van der Waals surface area contributed by atoms with Crippen LogP contribution in [0.3, 0.4) is 0 Å². The zero-order valence-electron chi connectivity index (χ0n) is 17.5. The smallest absolute Gasteiger partial charge is 0.326 e. The maximum Gasteiger partial charge on any atom is 0.326 e. The lowest BCUT2D eigenvalue weighted by molar-refractivity contribution is -0.142. The van der Waals surface area contributed by atoms with Crippen molar-refractivity contribution in [2.24, 2.45) is 5.41 Å². The van der Waals surface area contributed by atoms with Crippen LogP contribution >= 0.6 is 11.6 Å². The van der Waals surface area contributed by atoms with Crippen molar-refractivity contribution in [3.63, 3.8) is 0 Å². The van der Waals surface area contributed by atoms with Gasteiger partial charge >= 0.3 is 12.0 Å². The Labute approximate surface area is 177 Å². The van der Waals surface area contributed by atoms with Crippen LogP contribution in [0.1, 0.15) is 59.8 Å². The third kappa shape index (κ3) is 9.17. The average Bonchev–Trinajstić information content (AvgIpc) is 2.63. The molecule has 0 aliphatic rings. The topological polar surface area (TPSA) is 108 Å². The quantitative estimate of drug-likeness (QED) is 0.416. The van der Waals surface area contributed by atoms with E-state index in [9.17, 15) is 19.5 Å². The number of anilines is 1. The van der Waals surface area contributed by atoms with Crippen molar-refractivity contribution in [1.82, 2.24) is 10.6 Å². The van der Waals surface area contributed by atoms with Crippen molar-refractivity contribution in [2.45, 2.75) is 71.9 Å². The third-order valence-corrected chi connectivity index (χ3v) is 4.72. The number of aliphatic carboxylic acids is 1. The highest BCUT2D eigenvalue weighted by molar-refractivity contribution is 6.30. The molecule has 1 rings (SSSR count). The van der Waals surface area contributed by atoms with Crippen molar-refractivity contribution in [3.8, 4) is 0 Å². The number of carbonyl (C=O) groups excluding carboxylic acids is 2. The predicted octanol–water partition coefficient (Wildman–Crippen LogP) is 4.42. The summed E-state index contributed by atoms with van der Waals surface area (Å²) in [6, 6.07) is 4.12. The minimum Gasteiger partial charge on any atom is -0.480 e. The van der Waals surface area contributed by atoms with Crippen molar-refractivity contribution >= 4 is 35.2 Å². The summed E-state index contributed by atoms with van der Waals surface area (Å²) < 4.78 is 0. The summed E-state index contributed by atoms with van der Waals surface area (Å²) in [6.45, 7) is 7.48. The Morgan fingerprint density at radius 3 is 2.17 bits per heavy atom. The summed E-state index contributed by atoms with van der Waals surface area (Å²) in [4.78, 5) is 36.7. The Bertz CT molecular complexity index is 686. The Morgan fingerprint density at radius 1 is 1.03 bits per heavy atom. The standard InChI is InChI=1S/C21H32ClN3O4/c1-5-6-7-8-9-16(19(27)28)24-18(26)17(21(2,3)4)25-20(29)23-15-12-10-14(22)11-13-15/h10-13,16-17H,5-9H2,1-4H3,(H,24,26)(H,27,28)(H2,23,25,29). The summed E-state index contributed by atoms with van der Waals surface area (Å²) in [5, 5.41) is 17.9. The molecule has 29 heavy (non-hydrogen) atoms. The molecule has 0 saturated heterocycles. The van der Waals surface area contributed by atoms with E-state index >= 15 is 0 Å². The second-order valence-corrected chi connectivity index (χ2v) is 8.59. The fourth-order valence-electron chi connectivity index (χ4n) is 2.79. The molecule has 0 spiro atoms. The number of carboxylic acid groups (broad SMARTS) is 1. The van der Waals surface area contributed by atoms with Crippen molar-refractivity contribution in [2.75, 3.05) is 5.32 Å². The zero-order chi connectivity index (χ0) is 22.0. The van der Waals surface area contributed by atoms with Crippen LogP contribution in [0.15, 0.2) is 24.3 Å². The van der Waals surface area contributed by atoms with Crippen molar-refractivity contribution < 1.29 is 19.5 Å². The average molecular weight is 426 g/mol. The first-order valence-electron chi connectivity index (χ1n) is 9.91. The third-order valence-electron chi connectivity index (χ3n) is 4.47. The molecular formula is C21H32ClN3O4. The van der Waals surface area contributed by atoms with Crippen LogP contribution in [0.4, 0.5) is 10.5 Å². The van der Waals surface area contributed by atoms with E-state index in [0.29, 0.717) is 17.1 Å². The molecule has 7 nitrogen and oxygen atoms in total. The number of nitrogens with one attached hydrogen (secondary N) is 3. The maximum absolute atomic E-state index is 12.8. The Kier molecular flexibility index (Phi) is 9.95. The number of urea groups is 1. The Balaban J connectivity index is 2.76. The van der Waals surface area contributed by atoms with Crippen LogP contribution in [0.2, 0.25) is 5.02 Å². The number of hydrogen-bond donors (Lipinski definition) is 4. The van der Waals surface area contributed by atoms with Gasteiger partial charge in [-0.25, -0.2) is 9.59 Å². The number of rotatable bonds is 10. The first-order valence-corrected chi connectivity index (χ1v) is 10.3. The first-order chi connectivity index (χ1) is 13.5. The number of amides is 3. The molecule has 4 N–H and O–H groups in total. The highest BCUT2D eigenvalue weighted by Crippen LogP contribution is 2.20. The molecule has 0 bridgehead atoms. The Morgan fingerprint density at radius 2 is 1.66 bits per heavy atom. The van der Waals surface area contributed by atoms with E-state index in [2.05, 4.69) is 22.9 Å². The van der Waals surface area contributed by atoms with Gasteiger partial charge in [0.2, 0.25) is 5.91 Å². The molecule has 0 heterocycles. The number of unbranched alkanes of at least 4 members (excludes halogenated alkanes) is 3. The molecule has 1 aromatic carbocycles. The molecule has 0 saturated carbocycles. The van der Waals surface area contributed by atoms with Gasteiger partial charge in [-0.3, -0.25) is 4.79 Å². The summed E-state index contributed by atoms with van der Waals surface area (Å²) in [6.07, 6.45) is 4.06. The summed E-state index contributed by atoms with van der Waals surface area (Å²) in [7, 11) is 0. The molecule has 1 aromatic rings. The highest BCUT2D eigenvalue weighted by Gasteiger charge is 2.34. The summed E-state index contributed by atoms with van der Waals surface area (Å²) in [5.41, 5.74) is -0.0912. The molecule has 0 fully saturated rings. The lowest BCUT2D eigenvalue weighted by Gasteiger charge is -2.31. The van der Waals surface area contributed by atoms with Crippen LogP contribution < -0.4 is 16.0 Å². The van der Waals surface area contributed by atoms with E-state index in [1.165, 1.54) is 0 Å². The van der Waals surface area contributed by atoms with Gasteiger partial charge in [0.15, 0.2) is 0 Å². The van der Waals surface area contributed by atoms with Gasteiger partial charge in [0.1, 0.15) is 12.1 Å². The second-order valence-electron chi connectivity index (χ2n) is 8.15. The molecular weight excluding hydrogens is 394 g/mol. The number of hydrogen-bond acceptors (Lipinski definition) is 3. The molecule has 3 amide bonds. The van der Waals surface area contributed by atoms with E-state index in [0.717, 1.165) is 25.7 Å². The SMILES string of the molecule is CCCCCCC(NC(=O)C(NC(=O)Nc1ccc(Cl)cc1)C(C)(C)C)C(=O)O. The van der Waals surface area contributed by atoms with Crippen molar-refractivity contribution in [3.05, 3.63) is 29.3 Å². The lowest BCUT2D eigenvalue weighted by Crippen LogP contribution is -2.57. The fourth-order valence-corrected chi connectivity index (χ4v) is 2.92. The molecule has 0 aliphatic heterocycles. The number of benzene rings is 1. The molecule has 2 unspecified atom stereocenters. The van der Waals surface area contributed by atoms with Gasteiger partial charge in [-0.1, -0.05) is 65.0 Å². The van der Waals surface area contributed by atoms with Gasteiger partial charge < -0.3 is 21.1 Å². The van der Waals surface area contributed by atoms with Gasteiger partial charge in [-0.2, -0.15) is 0 Å². The van der Waals surface area contributed by atoms with E-state index < -0.39 is 35.4 Å². The van der Waals surface area contributed by atoms with Crippen LogP contribution in [-0.4, -0.2) is 35.1 Å².